The molecule has 0 aromatic carbocycles. The Labute approximate surface area is 140 Å². The summed E-state index contributed by atoms with van der Waals surface area (Å²) in [7, 11) is 0. The average Bonchev–Trinajstić information content (AvgIpc) is 2.87. The van der Waals surface area contributed by atoms with E-state index in [4.69, 9.17) is 33.7 Å². The monoisotopic (exact) mass is 352 g/mol. The van der Waals surface area contributed by atoms with Crippen molar-refractivity contribution >= 4 is 41.6 Å². The van der Waals surface area contributed by atoms with Crippen LogP contribution in [-0.2, 0) is 16.1 Å². The number of nitrogens with two attached hydrogens (primary N) is 1. The molecule has 4 nitrogen and oxygen atoms in total. The summed E-state index contributed by atoms with van der Waals surface area (Å²) in [4.78, 5) is 15.7. The maximum absolute atomic E-state index is 11.8. The minimum atomic E-state index is -0.550. The summed E-state index contributed by atoms with van der Waals surface area (Å²) in [5, 5.41) is 0.553. The van der Waals surface area contributed by atoms with Gasteiger partial charge in [0.15, 0.2) is 0 Å². The molecule has 0 spiro atoms. The van der Waals surface area contributed by atoms with Gasteiger partial charge in [-0.15, -0.1) is 12.4 Å². The molecule has 2 rings (SSSR count). The van der Waals surface area contributed by atoms with Crippen molar-refractivity contribution in [1.29, 1.82) is 0 Å². The van der Waals surface area contributed by atoms with Crippen molar-refractivity contribution in [2.45, 2.75) is 44.8 Å². The molecule has 1 saturated carbocycles. The second-order valence-corrected chi connectivity index (χ2v) is 6.00. The molecule has 1 aromatic heterocycles. The van der Waals surface area contributed by atoms with Gasteiger partial charge in [-0.25, -0.2) is 4.98 Å². The average molecular weight is 354 g/mol. The number of aromatic nitrogens is 1. The third kappa shape index (κ3) is 5.99. The van der Waals surface area contributed by atoms with Crippen molar-refractivity contribution in [3.05, 3.63) is 28.0 Å². The Morgan fingerprint density at radius 2 is 1.90 bits per heavy atom. The van der Waals surface area contributed by atoms with Gasteiger partial charge in [-0.1, -0.05) is 48.9 Å². The Bertz CT molecular complexity index is 459. The molecule has 1 aromatic rings. The molecule has 1 aliphatic rings. The fourth-order valence-electron chi connectivity index (χ4n) is 2.56. The topological polar surface area (TPSA) is 65.2 Å². The normalized spacial score (nSPS) is 16.3. The van der Waals surface area contributed by atoms with Gasteiger partial charge in [0.1, 0.15) is 23.0 Å². The number of carbonyl (C=O) groups is 1. The van der Waals surface area contributed by atoms with E-state index in [1.807, 2.05) is 0 Å². The zero-order chi connectivity index (χ0) is 14.5. The van der Waals surface area contributed by atoms with Crippen molar-refractivity contribution in [3.63, 3.8) is 0 Å². The van der Waals surface area contributed by atoms with Crippen LogP contribution in [0.15, 0.2) is 12.1 Å². The number of rotatable bonds is 5. The van der Waals surface area contributed by atoms with Crippen molar-refractivity contribution in [2.24, 2.45) is 11.7 Å². The van der Waals surface area contributed by atoms with E-state index < -0.39 is 6.04 Å². The molecule has 0 aliphatic heterocycles. The third-order valence-corrected chi connectivity index (χ3v) is 3.96. The van der Waals surface area contributed by atoms with E-state index in [1.165, 1.54) is 12.8 Å². The smallest absolute Gasteiger partial charge is 0.323 e. The minimum Gasteiger partial charge on any atom is -0.460 e. The van der Waals surface area contributed by atoms with E-state index >= 15 is 0 Å². The zero-order valence-electron chi connectivity index (χ0n) is 11.6. The molecule has 1 atom stereocenters. The number of hydrogen-bond acceptors (Lipinski definition) is 4. The van der Waals surface area contributed by atoms with Gasteiger partial charge in [0, 0.05) is 0 Å². The lowest BCUT2D eigenvalue weighted by molar-refractivity contribution is -0.147. The third-order valence-electron chi connectivity index (χ3n) is 3.57. The number of carbonyl (C=O) groups excluding carboxylic acids is 1. The number of ether oxygens (including phenoxy) is 1. The molecule has 7 heteroatoms. The zero-order valence-corrected chi connectivity index (χ0v) is 13.9. The summed E-state index contributed by atoms with van der Waals surface area (Å²) >= 11 is 11.6. The highest BCUT2D eigenvalue weighted by atomic mass is 35.5. The van der Waals surface area contributed by atoms with Crippen LogP contribution in [0.3, 0.4) is 0 Å². The molecule has 2 N–H and O–H groups in total. The van der Waals surface area contributed by atoms with Crippen LogP contribution in [0.25, 0.3) is 0 Å². The highest BCUT2D eigenvalue weighted by Crippen LogP contribution is 2.28. The van der Waals surface area contributed by atoms with Crippen molar-refractivity contribution < 1.29 is 9.53 Å². The van der Waals surface area contributed by atoms with E-state index in [0.717, 1.165) is 12.8 Å². The van der Waals surface area contributed by atoms with Crippen molar-refractivity contribution in [3.8, 4) is 0 Å². The molecule has 0 unspecified atom stereocenters. The second-order valence-electron chi connectivity index (χ2n) is 5.22. The predicted octanol–water partition coefficient (Wildman–Crippen LogP) is 3.76. The van der Waals surface area contributed by atoms with Crippen molar-refractivity contribution in [2.75, 3.05) is 0 Å². The van der Waals surface area contributed by atoms with Crippen LogP contribution in [0.5, 0.6) is 0 Å². The molecule has 1 aliphatic carbocycles. The standard InChI is InChI=1S/C14H18Cl2N2O2.ClH/c15-12-6-10(7-13(16)18-12)8-20-14(19)11(17)5-9-3-1-2-4-9;/h6-7,9,11H,1-5,8,17H2;1H/t11-;/m0./s1. The first-order chi connectivity index (χ1) is 9.54. The summed E-state index contributed by atoms with van der Waals surface area (Å²) in [6.45, 7) is 0.110. The summed E-state index contributed by atoms with van der Waals surface area (Å²) in [5.74, 6) is 0.184. The van der Waals surface area contributed by atoms with Crippen LogP contribution < -0.4 is 5.73 Å². The Kier molecular flexibility index (Phi) is 7.74. The number of hydrogen-bond donors (Lipinski definition) is 1. The Hall–Kier alpha value is -0.550. The summed E-state index contributed by atoms with van der Waals surface area (Å²) < 4.78 is 5.20. The van der Waals surface area contributed by atoms with Crippen LogP contribution in [0.4, 0.5) is 0 Å². The molecule has 1 fully saturated rings. The number of pyridine rings is 1. The van der Waals surface area contributed by atoms with E-state index in [1.54, 1.807) is 12.1 Å². The first-order valence-electron chi connectivity index (χ1n) is 6.79. The summed E-state index contributed by atoms with van der Waals surface area (Å²) in [6, 6.07) is 2.68. The molecule has 21 heavy (non-hydrogen) atoms. The van der Waals surface area contributed by atoms with Crippen LogP contribution >= 0.6 is 35.6 Å². The van der Waals surface area contributed by atoms with Gasteiger partial charge < -0.3 is 10.5 Å². The SMILES string of the molecule is Cl.N[C@@H](CC1CCCC1)C(=O)OCc1cc(Cl)nc(Cl)c1. The summed E-state index contributed by atoms with van der Waals surface area (Å²) in [6.07, 6.45) is 5.50. The molecule has 1 heterocycles. The summed E-state index contributed by atoms with van der Waals surface area (Å²) in [5.41, 5.74) is 6.59. The molecule has 0 radical (unpaired) electrons. The van der Waals surface area contributed by atoms with Gasteiger partial charge in [-0.3, -0.25) is 4.79 Å². The lowest BCUT2D eigenvalue weighted by Crippen LogP contribution is -2.33. The fraction of sp³-hybridized carbons (Fsp3) is 0.571. The lowest BCUT2D eigenvalue weighted by Gasteiger charge is -2.15. The van der Waals surface area contributed by atoms with Gasteiger partial charge in [0.2, 0.25) is 0 Å². The fourth-order valence-corrected chi connectivity index (χ4v) is 3.07. The van der Waals surface area contributed by atoms with Crippen LogP contribution in [0.1, 0.15) is 37.7 Å². The Balaban J connectivity index is 0.00000220. The van der Waals surface area contributed by atoms with Crippen LogP contribution in [-0.4, -0.2) is 17.0 Å². The molecule has 0 amide bonds. The van der Waals surface area contributed by atoms with E-state index in [9.17, 15) is 4.79 Å². The minimum absolute atomic E-state index is 0. The van der Waals surface area contributed by atoms with E-state index in [2.05, 4.69) is 4.98 Å². The van der Waals surface area contributed by atoms with E-state index in [-0.39, 0.29) is 35.3 Å². The Morgan fingerprint density at radius 3 is 2.48 bits per heavy atom. The van der Waals surface area contributed by atoms with Crippen molar-refractivity contribution in [1.82, 2.24) is 4.98 Å². The highest BCUT2D eigenvalue weighted by molar-refractivity contribution is 6.32. The van der Waals surface area contributed by atoms with Gasteiger partial charge >= 0.3 is 5.97 Å². The van der Waals surface area contributed by atoms with Crippen LogP contribution in [0, 0.1) is 5.92 Å². The number of nitrogens with zero attached hydrogens (tertiary/aromatic N) is 1. The second kappa shape index (κ2) is 8.79. The van der Waals surface area contributed by atoms with Gasteiger partial charge in [0.05, 0.1) is 0 Å². The van der Waals surface area contributed by atoms with Gasteiger partial charge in [0.25, 0.3) is 0 Å². The van der Waals surface area contributed by atoms with Crippen LogP contribution in [0.2, 0.25) is 10.3 Å². The molecular weight excluding hydrogens is 335 g/mol. The largest absolute Gasteiger partial charge is 0.460 e. The lowest BCUT2D eigenvalue weighted by atomic mass is 9.99. The number of esters is 1. The molecule has 0 bridgehead atoms. The first-order valence-corrected chi connectivity index (χ1v) is 7.54. The predicted molar refractivity (Wildman–Crippen MR) is 85.9 cm³/mol. The first kappa shape index (κ1) is 18.5. The maximum Gasteiger partial charge on any atom is 0.323 e. The molecular formula is C14H19Cl3N2O2. The molecule has 118 valence electrons. The highest BCUT2D eigenvalue weighted by Gasteiger charge is 2.23. The Morgan fingerprint density at radius 1 is 1.33 bits per heavy atom. The maximum atomic E-state index is 11.8. The van der Waals surface area contributed by atoms with Gasteiger partial charge in [-0.2, -0.15) is 0 Å². The molecule has 0 saturated heterocycles. The van der Waals surface area contributed by atoms with Gasteiger partial charge in [-0.05, 0) is 30.0 Å². The quantitative estimate of drug-likeness (QED) is 0.646. The number of halogens is 3. The van der Waals surface area contributed by atoms with E-state index in [0.29, 0.717) is 17.9 Å².